The monoisotopic (exact) mass is 499 g/mol. The minimum atomic E-state index is -0.690. The van der Waals surface area contributed by atoms with Gasteiger partial charge in [-0.25, -0.2) is 14.4 Å². The number of nitrogens with one attached hydrogen (secondary N) is 1. The number of piperidine rings is 1. The van der Waals surface area contributed by atoms with Crippen LogP contribution in [0.5, 0.6) is 0 Å². The van der Waals surface area contributed by atoms with Crippen molar-refractivity contribution in [1.29, 1.82) is 0 Å². The predicted octanol–water partition coefficient (Wildman–Crippen LogP) is 5.40. The van der Waals surface area contributed by atoms with Crippen LogP contribution in [-0.2, 0) is 6.42 Å². The fourth-order valence-corrected chi connectivity index (χ4v) is 5.62. The van der Waals surface area contributed by atoms with Crippen molar-refractivity contribution in [1.82, 2.24) is 14.4 Å². The molecule has 6 rings (SSSR count). The molecule has 190 valence electrons. The summed E-state index contributed by atoms with van der Waals surface area (Å²) in [5.74, 6) is 0.511. The van der Waals surface area contributed by atoms with Crippen molar-refractivity contribution in [3.05, 3.63) is 71.9 Å². The first kappa shape index (κ1) is 23.6. The molecule has 3 aromatic heterocycles. The summed E-state index contributed by atoms with van der Waals surface area (Å²) in [4.78, 5) is 24.2. The molecule has 0 unspecified atom stereocenters. The number of hydrogen-bond acceptors (Lipinski definition) is 6. The number of ketones is 1. The maximum absolute atomic E-state index is 13.6. The summed E-state index contributed by atoms with van der Waals surface area (Å²) in [6.45, 7) is 5.58. The highest BCUT2D eigenvalue weighted by Crippen LogP contribution is 2.37. The molecule has 0 saturated carbocycles. The highest BCUT2D eigenvalue weighted by Gasteiger charge is 2.32. The zero-order chi connectivity index (χ0) is 25.7. The Labute approximate surface area is 215 Å². The summed E-state index contributed by atoms with van der Waals surface area (Å²) >= 11 is 0. The van der Waals surface area contributed by atoms with Gasteiger partial charge in [0, 0.05) is 60.8 Å². The number of Topliss-reactive ketones (excluding diaryl/α,β-unsaturated/α-hetero) is 1. The van der Waals surface area contributed by atoms with E-state index in [0.29, 0.717) is 29.9 Å². The molecule has 4 heterocycles. The van der Waals surface area contributed by atoms with Crippen molar-refractivity contribution in [2.24, 2.45) is 5.92 Å². The van der Waals surface area contributed by atoms with Crippen LogP contribution < -0.4 is 10.2 Å². The van der Waals surface area contributed by atoms with Gasteiger partial charge in [-0.05, 0) is 69.0 Å². The van der Waals surface area contributed by atoms with E-state index in [2.05, 4.69) is 32.3 Å². The summed E-state index contributed by atoms with van der Waals surface area (Å²) < 4.78 is 15.5. The number of fused-ring (bicyclic) bond motifs is 2. The van der Waals surface area contributed by atoms with Crippen LogP contribution in [0, 0.1) is 11.7 Å². The first-order valence-electron chi connectivity index (χ1n) is 12.8. The topological polar surface area (TPSA) is 82.8 Å². The number of nitrogens with zero attached hydrogens (tertiary/aromatic N) is 4. The lowest BCUT2D eigenvalue weighted by molar-refractivity contribution is 0.0110. The first-order valence-corrected chi connectivity index (χ1v) is 12.8. The van der Waals surface area contributed by atoms with E-state index < -0.39 is 5.60 Å². The number of rotatable bonds is 5. The maximum atomic E-state index is 13.6. The number of aromatic nitrogens is 3. The van der Waals surface area contributed by atoms with E-state index in [1.807, 2.05) is 30.4 Å². The van der Waals surface area contributed by atoms with Gasteiger partial charge in [0.15, 0.2) is 5.78 Å². The van der Waals surface area contributed by atoms with Gasteiger partial charge >= 0.3 is 0 Å². The lowest BCUT2D eigenvalue weighted by atomic mass is 9.84. The van der Waals surface area contributed by atoms with Crippen LogP contribution >= 0.6 is 0 Å². The summed E-state index contributed by atoms with van der Waals surface area (Å²) in [6.07, 6.45) is 8.27. The Bertz CT molecular complexity index is 1490. The number of carbonyl (C=O) groups excluding carboxylic acids is 1. The number of anilines is 3. The lowest BCUT2D eigenvalue weighted by Crippen LogP contribution is -2.44. The molecule has 1 fully saturated rings. The zero-order valence-corrected chi connectivity index (χ0v) is 21.0. The van der Waals surface area contributed by atoms with E-state index in [-0.39, 0.29) is 17.5 Å². The summed E-state index contributed by atoms with van der Waals surface area (Å²) in [5, 5.41) is 13.8. The third-order valence-electron chi connectivity index (χ3n) is 7.73. The second-order valence-corrected chi connectivity index (χ2v) is 10.6. The quantitative estimate of drug-likeness (QED) is 0.383. The third-order valence-corrected chi connectivity index (χ3v) is 7.73. The second-order valence-electron chi connectivity index (χ2n) is 10.6. The van der Waals surface area contributed by atoms with Crippen molar-refractivity contribution in [3.8, 4) is 11.3 Å². The Balaban J connectivity index is 1.27. The number of benzene rings is 1. The van der Waals surface area contributed by atoms with E-state index in [0.717, 1.165) is 54.1 Å². The number of aliphatic hydroxyl groups is 1. The Morgan fingerprint density at radius 2 is 1.92 bits per heavy atom. The SMILES string of the molecule is CC(C)(O)[C@@H]1CCCN(c2ccc(Nc3ncc(-c4cnc5cc(F)ccn45)c4c3C(=O)CC4)cc2)C1. The summed E-state index contributed by atoms with van der Waals surface area (Å²) in [5.41, 5.74) is 4.98. The second kappa shape index (κ2) is 8.95. The molecule has 7 nitrogen and oxygen atoms in total. The molecule has 4 aromatic rings. The molecule has 1 aliphatic heterocycles. The molecule has 2 N–H and O–H groups in total. The van der Waals surface area contributed by atoms with Crippen molar-refractivity contribution < 1.29 is 14.3 Å². The molecule has 1 atom stereocenters. The Morgan fingerprint density at radius 1 is 1.11 bits per heavy atom. The summed E-state index contributed by atoms with van der Waals surface area (Å²) in [6, 6.07) is 10.9. The smallest absolute Gasteiger partial charge is 0.167 e. The van der Waals surface area contributed by atoms with Gasteiger partial charge in [-0.3, -0.25) is 9.20 Å². The fourth-order valence-electron chi connectivity index (χ4n) is 5.62. The Morgan fingerprint density at radius 3 is 2.70 bits per heavy atom. The van der Waals surface area contributed by atoms with Gasteiger partial charge in [-0.2, -0.15) is 0 Å². The number of carbonyl (C=O) groups is 1. The lowest BCUT2D eigenvalue weighted by Gasteiger charge is -2.39. The van der Waals surface area contributed by atoms with Gasteiger partial charge in [-0.15, -0.1) is 0 Å². The van der Waals surface area contributed by atoms with Crippen LogP contribution in [0.2, 0.25) is 0 Å². The van der Waals surface area contributed by atoms with Crippen molar-refractivity contribution in [2.75, 3.05) is 23.3 Å². The van der Waals surface area contributed by atoms with E-state index in [4.69, 9.17) is 0 Å². The normalized spacial score (nSPS) is 17.9. The van der Waals surface area contributed by atoms with Crippen LogP contribution in [0.4, 0.5) is 21.6 Å². The molecule has 8 heteroatoms. The average molecular weight is 500 g/mol. The van der Waals surface area contributed by atoms with E-state index in [1.165, 1.54) is 12.1 Å². The van der Waals surface area contributed by atoms with Crippen molar-refractivity contribution >= 4 is 28.6 Å². The van der Waals surface area contributed by atoms with Crippen LogP contribution in [-0.4, -0.2) is 43.9 Å². The van der Waals surface area contributed by atoms with Crippen LogP contribution in [0.25, 0.3) is 16.9 Å². The largest absolute Gasteiger partial charge is 0.390 e. The molecule has 0 bridgehead atoms. The van der Waals surface area contributed by atoms with Gasteiger partial charge in [0.2, 0.25) is 0 Å². The van der Waals surface area contributed by atoms with Gasteiger partial charge < -0.3 is 15.3 Å². The number of pyridine rings is 2. The molecule has 2 aliphatic rings. The van der Waals surface area contributed by atoms with Crippen LogP contribution in [0.1, 0.15) is 49.0 Å². The number of hydrogen-bond donors (Lipinski definition) is 2. The van der Waals surface area contributed by atoms with E-state index in [9.17, 15) is 14.3 Å². The molecular weight excluding hydrogens is 469 g/mol. The Hall–Kier alpha value is -3.78. The van der Waals surface area contributed by atoms with E-state index >= 15 is 0 Å². The maximum Gasteiger partial charge on any atom is 0.167 e. The molecule has 0 amide bonds. The number of halogens is 1. The van der Waals surface area contributed by atoms with Crippen molar-refractivity contribution in [2.45, 2.75) is 45.1 Å². The number of imidazole rings is 1. The molecule has 0 spiro atoms. The minimum absolute atomic E-state index is 0.0642. The summed E-state index contributed by atoms with van der Waals surface area (Å²) in [7, 11) is 0. The van der Waals surface area contributed by atoms with Crippen LogP contribution in [0.15, 0.2) is 55.0 Å². The van der Waals surface area contributed by atoms with Gasteiger partial charge in [0.1, 0.15) is 17.3 Å². The Kier molecular flexibility index (Phi) is 5.71. The van der Waals surface area contributed by atoms with Crippen LogP contribution in [0.3, 0.4) is 0 Å². The molecule has 1 saturated heterocycles. The minimum Gasteiger partial charge on any atom is -0.390 e. The molecule has 1 aliphatic carbocycles. The fraction of sp³-hybridized carbons (Fsp3) is 0.345. The average Bonchev–Trinajstić information content (AvgIpc) is 3.48. The van der Waals surface area contributed by atoms with Gasteiger partial charge in [-0.1, -0.05) is 0 Å². The molecule has 1 aromatic carbocycles. The molecular formula is C29H30FN5O2. The first-order chi connectivity index (χ1) is 17.8. The highest BCUT2D eigenvalue weighted by atomic mass is 19.1. The van der Waals surface area contributed by atoms with E-state index in [1.54, 1.807) is 18.6 Å². The third kappa shape index (κ3) is 4.35. The standard InChI is InChI=1S/C29H30FN5O2/c1-29(2,37)18-4-3-12-34(17-18)21-7-5-20(6-8-21)33-28-27-22(9-10-25(27)36)23(15-32-28)24-16-31-26-14-19(30)11-13-35(24)26/h5-8,11,13-16,18,37H,3-4,9-10,12,17H2,1-2H3,(H,32,33)/t18-/m1/s1. The van der Waals surface area contributed by atoms with Gasteiger partial charge in [0.25, 0.3) is 0 Å². The predicted molar refractivity (Wildman–Crippen MR) is 142 cm³/mol. The molecule has 0 radical (unpaired) electrons. The highest BCUT2D eigenvalue weighted by molar-refractivity contribution is 6.06. The molecule has 37 heavy (non-hydrogen) atoms. The van der Waals surface area contributed by atoms with Crippen molar-refractivity contribution in [3.63, 3.8) is 0 Å². The zero-order valence-electron chi connectivity index (χ0n) is 21.0. The van der Waals surface area contributed by atoms with Gasteiger partial charge in [0.05, 0.1) is 23.1 Å².